The average molecular weight is 335 g/mol. The Bertz CT molecular complexity index is 641. The van der Waals surface area contributed by atoms with Gasteiger partial charge in [-0.3, -0.25) is 0 Å². The molecule has 1 saturated heterocycles. The van der Waals surface area contributed by atoms with Gasteiger partial charge < -0.3 is 10.2 Å². The number of nitrogens with zero attached hydrogens (tertiary/aromatic N) is 2. The number of rotatable bonds is 6. The van der Waals surface area contributed by atoms with Gasteiger partial charge in [-0.1, -0.05) is 12.1 Å². The van der Waals surface area contributed by atoms with Crippen LogP contribution in [0.2, 0.25) is 0 Å². The molecule has 0 aromatic heterocycles. The van der Waals surface area contributed by atoms with Crippen molar-refractivity contribution in [3.8, 4) is 6.07 Å². The van der Waals surface area contributed by atoms with Gasteiger partial charge in [0, 0.05) is 24.9 Å². The molecule has 1 aliphatic rings. The van der Waals surface area contributed by atoms with E-state index in [4.69, 9.17) is 5.26 Å². The molecule has 1 N–H and O–H groups in total. The fraction of sp³-hybridized carbons (Fsp3) is 0.588. The van der Waals surface area contributed by atoms with Crippen molar-refractivity contribution in [3.63, 3.8) is 0 Å². The van der Waals surface area contributed by atoms with E-state index in [0.29, 0.717) is 18.2 Å². The lowest BCUT2D eigenvalue weighted by atomic mass is 10.0. The van der Waals surface area contributed by atoms with Crippen LogP contribution >= 0.6 is 0 Å². The first-order valence-electron chi connectivity index (χ1n) is 8.03. The van der Waals surface area contributed by atoms with Gasteiger partial charge in [-0.25, -0.2) is 8.42 Å². The van der Waals surface area contributed by atoms with Crippen molar-refractivity contribution in [1.82, 2.24) is 10.2 Å². The molecule has 0 radical (unpaired) electrons. The highest BCUT2D eigenvalue weighted by molar-refractivity contribution is 7.90. The highest BCUT2D eigenvalue weighted by Gasteiger charge is 2.21. The van der Waals surface area contributed by atoms with Crippen LogP contribution in [-0.2, 0) is 9.84 Å². The Hall–Kier alpha value is -1.42. The third-order valence-corrected chi connectivity index (χ3v) is 5.32. The molecule has 0 saturated carbocycles. The van der Waals surface area contributed by atoms with Crippen molar-refractivity contribution in [2.45, 2.75) is 31.8 Å². The molecule has 0 unspecified atom stereocenters. The highest BCUT2D eigenvalue weighted by Crippen LogP contribution is 2.18. The van der Waals surface area contributed by atoms with Gasteiger partial charge in [-0.2, -0.15) is 5.26 Å². The lowest BCUT2D eigenvalue weighted by Gasteiger charge is -2.33. The van der Waals surface area contributed by atoms with E-state index in [1.807, 2.05) is 24.3 Å². The van der Waals surface area contributed by atoms with Gasteiger partial charge >= 0.3 is 0 Å². The monoisotopic (exact) mass is 335 g/mol. The summed E-state index contributed by atoms with van der Waals surface area (Å²) in [5.74, 6) is 0.243. The summed E-state index contributed by atoms with van der Waals surface area (Å²) in [7, 11) is -2.88. The number of sulfone groups is 1. The Balaban J connectivity index is 1.78. The molecule has 1 atom stereocenters. The minimum atomic E-state index is -2.88. The summed E-state index contributed by atoms with van der Waals surface area (Å²) in [6, 6.07) is 10.5. The van der Waals surface area contributed by atoms with E-state index in [-0.39, 0.29) is 11.8 Å². The molecule has 2 rings (SSSR count). The van der Waals surface area contributed by atoms with Crippen LogP contribution in [0.3, 0.4) is 0 Å². The smallest absolute Gasteiger partial charge is 0.148 e. The fourth-order valence-electron chi connectivity index (χ4n) is 2.91. The molecule has 23 heavy (non-hydrogen) atoms. The number of nitrogens with one attached hydrogen (secondary N) is 1. The van der Waals surface area contributed by atoms with Crippen LogP contribution in [0.1, 0.15) is 36.9 Å². The van der Waals surface area contributed by atoms with Crippen molar-refractivity contribution in [2.24, 2.45) is 0 Å². The molecular weight excluding hydrogens is 310 g/mol. The van der Waals surface area contributed by atoms with E-state index in [1.165, 1.54) is 11.8 Å². The van der Waals surface area contributed by atoms with Gasteiger partial charge in [0.05, 0.1) is 17.4 Å². The van der Waals surface area contributed by atoms with Gasteiger partial charge in [0.15, 0.2) is 0 Å². The molecule has 1 aromatic rings. The van der Waals surface area contributed by atoms with Crippen molar-refractivity contribution < 1.29 is 8.42 Å². The Morgan fingerprint density at radius 1 is 1.30 bits per heavy atom. The van der Waals surface area contributed by atoms with E-state index >= 15 is 0 Å². The van der Waals surface area contributed by atoms with Crippen LogP contribution < -0.4 is 5.32 Å². The molecular formula is C17H25N3O2S. The maximum absolute atomic E-state index is 11.2. The van der Waals surface area contributed by atoms with E-state index in [0.717, 1.165) is 25.9 Å². The molecule has 1 aromatic carbocycles. The summed E-state index contributed by atoms with van der Waals surface area (Å²) in [5, 5.41) is 12.5. The van der Waals surface area contributed by atoms with Crippen LogP contribution in [0.15, 0.2) is 24.3 Å². The van der Waals surface area contributed by atoms with Gasteiger partial charge in [0.25, 0.3) is 0 Å². The first-order chi connectivity index (χ1) is 10.9. The largest absolute Gasteiger partial charge is 0.307 e. The van der Waals surface area contributed by atoms with E-state index in [1.54, 1.807) is 0 Å². The maximum atomic E-state index is 11.2. The summed E-state index contributed by atoms with van der Waals surface area (Å²) in [6.45, 7) is 4.65. The molecule has 1 heterocycles. The van der Waals surface area contributed by atoms with Crippen molar-refractivity contribution in [1.29, 1.82) is 5.26 Å². The van der Waals surface area contributed by atoms with Gasteiger partial charge in [0.2, 0.25) is 0 Å². The topological polar surface area (TPSA) is 73.2 Å². The molecule has 6 heteroatoms. The third kappa shape index (κ3) is 5.94. The molecule has 0 aliphatic carbocycles. The summed E-state index contributed by atoms with van der Waals surface area (Å²) in [5.41, 5.74) is 1.86. The number of benzene rings is 1. The predicted octanol–water partition coefficient (Wildman–Crippen LogP) is 1.72. The average Bonchev–Trinajstić information content (AvgIpc) is 2.53. The molecule has 0 bridgehead atoms. The van der Waals surface area contributed by atoms with Crippen LogP contribution in [0.25, 0.3) is 0 Å². The number of hydrogen-bond acceptors (Lipinski definition) is 5. The first-order valence-corrected chi connectivity index (χ1v) is 10.1. The molecule has 1 fully saturated rings. The molecule has 0 amide bonds. The first kappa shape index (κ1) is 17.9. The standard InChI is InChI=1S/C17H25N3O2S/c1-14(16-5-3-15(13-18)4-6-16)19-17-7-9-20(10-8-17)11-12-23(2,21)22/h3-6,14,17,19H,7-12H2,1-2H3/t14-/m0/s1. The summed E-state index contributed by atoms with van der Waals surface area (Å²) >= 11 is 0. The molecule has 126 valence electrons. The second kappa shape index (κ2) is 7.91. The zero-order chi connectivity index (χ0) is 16.9. The Kier molecular flexibility index (Phi) is 6.17. The van der Waals surface area contributed by atoms with Crippen molar-refractivity contribution in [2.75, 3.05) is 31.6 Å². The van der Waals surface area contributed by atoms with Gasteiger partial charge in [-0.05, 0) is 50.6 Å². The maximum Gasteiger partial charge on any atom is 0.148 e. The summed E-state index contributed by atoms with van der Waals surface area (Å²) < 4.78 is 22.5. The predicted molar refractivity (Wildman–Crippen MR) is 91.9 cm³/mol. The molecule has 1 aliphatic heterocycles. The van der Waals surface area contributed by atoms with Crippen LogP contribution in [0.4, 0.5) is 0 Å². The summed E-state index contributed by atoms with van der Waals surface area (Å²) in [4.78, 5) is 2.23. The second-order valence-electron chi connectivity index (χ2n) is 6.37. The van der Waals surface area contributed by atoms with E-state index in [2.05, 4.69) is 23.2 Å². The van der Waals surface area contributed by atoms with Crippen LogP contribution in [-0.4, -0.2) is 51.0 Å². The number of nitriles is 1. The number of hydrogen-bond donors (Lipinski definition) is 1. The normalized spacial score (nSPS) is 18.5. The minimum Gasteiger partial charge on any atom is -0.307 e. The zero-order valence-corrected chi connectivity index (χ0v) is 14.6. The lowest BCUT2D eigenvalue weighted by molar-refractivity contribution is 0.201. The zero-order valence-electron chi connectivity index (χ0n) is 13.8. The van der Waals surface area contributed by atoms with E-state index in [9.17, 15) is 8.42 Å². The Morgan fingerprint density at radius 3 is 2.43 bits per heavy atom. The molecule has 5 nitrogen and oxygen atoms in total. The minimum absolute atomic E-state index is 0.243. The third-order valence-electron chi connectivity index (χ3n) is 4.39. The highest BCUT2D eigenvalue weighted by atomic mass is 32.2. The van der Waals surface area contributed by atoms with Crippen molar-refractivity contribution in [3.05, 3.63) is 35.4 Å². The summed E-state index contributed by atoms with van der Waals surface area (Å²) in [6.07, 6.45) is 3.36. The van der Waals surface area contributed by atoms with E-state index < -0.39 is 9.84 Å². The van der Waals surface area contributed by atoms with Gasteiger partial charge in [-0.15, -0.1) is 0 Å². The van der Waals surface area contributed by atoms with Crippen LogP contribution in [0, 0.1) is 11.3 Å². The molecule has 0 spiro atoms. The Morgan fingerprint density at radius 2 is 1.91 bits per heavy atom. The number of piperidine rings is 1. The van der Waals surface area contributed by atoms with Crippen molar-refractivity contribution >= 4 is 9.84 Å². The quantitative estimate of drug-likeness (QED) is 0.857. The Labute approximate surface area is 139 Å². The number of likely N-dealkylation sites (tertiary alicyclic amines) is 1. The second-order valence-corrected chi connectivity index (χ2v) is 8.63. The van der Waals surface area contributed by atoms with Gasteiger partial charge in [0.1, 0.15) is 9.84 Å². The SMILES string of the molecule is C[C@H](NC1CCN(CCS(C)(=O)=O)CC1)c1ccc(C#N)cc1. The lowest BCUT2D eigenvalue weighted by Crippen LogP contribution is -2.44. The fourth-order valence-corrected chi connectivity index (χ4v) is 3.50. The van der Waals surface area contributed by atoms with Crippen LogP contribution in [0.5, 0.6) is 0 Å².